The topological polar surface area (TPSA) is 92.5 Å². The molecule has 1 saturated heterocycles. The highest BCUT2D eigenvalue weighted by Gasteiger charge is 2.37. The number of aromatic nitrogens is 1. The van der Waals surface area contributed by atoms with Gasteiger partial charge in [0.25, 0.3) is 0 Å². The molecule has 1 aliphatic carbocycles. The van der Waals surface area contributed by atoms with Crippen LogP contribution in [0.5, 0.6) is 0 Å². The highest BCUT2D eigenvalue weighted by atomic mass is 32.2. The summed E-state index contributed by atoms with van der Waals surface area (Å²) >= 11 is 1.55. The minimum atomic E-state index is -3.82. The predicted molar refractivity (Wildman–Crippen MR) is 121 cm³/mol. The Hall–Kier alpha value is -1.97. The van der Waals surface area contributed by atoms with Crippen molar-refractivity contribution in [2.24, 2.45) is 5.92 Å². The summed E-state index contributed by atoms with van der Waals surface area (Å²) in [7, 11) is -3.82. The summed E-state index contributed by atoms with van der Waals surface area (Å²) in [5.41, 5.74) is 0.333. The van der Waals surface area contributed by atoms with E-state index in [-0.39, 0.29) is 35.1 Å². The molecular weight excluding hydrogens is 434 g/mol. The Balaban J connectivity index is 1.49. The molecule has 1 atom stereocenters. The monoisotopic (exact) mass is 463 g/mol. The first-order chi connectivity index (χ1) is 14.9. The zero-order chi connectivity index (χ0) is 21.8. The van der Waals surface area contributed by atoms with E-state index < -0.39 is 10.0 Å². The Kier molecular flexibility index (Phi) is 6.93. The maximum absolute atomic E-state index is 13.5. The summed E-state index contributed by atoms with van der Waals surface area (Å²) in [6.45, 7) is 2.23. The number of nitrogens with one attached hydrogen (secondary N) is 1. The van der Waals surface area contributed by atoms with Crippen LogP contribution >= 0.6 is 11.3 Å². The molecule has 1 saturated carbocycles. The summed E-state index contributed by atoms with van der Waals surface area (Å²) in [6.07, 6.45) is 10.4. The molecule has 2 aromatic heterocycles. The van der Waals surface area contributed by atoms with Crippen molar-refractivity contribution in [3.8, 4) is 0 Å². The Bertz CT molecular complexity index is 1020. The smallest absolute Gasteiger partial charge is 0.248 e. The average molecular weight is 464 g/mol. The number of carbonyl (C=O) groups excluding carboxylic acids is 1. The standard InChI is InChI=1S/C22H29N3O4S2/c1-16-21(20(29-24-16)12-11-19-10-6-14-30-19)31(27,28)25-13-5-7-17(15-25)22(26)23-18-8-3-2-4-9-18/h6,10-12,14,17-18H,2-5,7-9,13,15H2,1H3,(H,23,26)/b12-11+/t17-/m1/s1. The maximum Gasteiger partial charge on any atom is 0.248 e. The van der Waals surface area contributed by atoms with Gasteiger partial charge in [0.1, 0.15) is 5.69 Å². The largest absolute Gasteiger partial charge is 0.355 e. The van der Waals surface area contributed by atoms with Crippen LogP contribution in [0.15, 0.2) is 26.9 Å². The summed E-state index contributed by atoms with van der Waals surface area (Å²) in [6, 6.07) is 4.10. The first-order valence-corrected chi connectivity index (χ1v) is 13.3. The third kappa shape index (κ3) is 5.10. The van der Waals surface area contributed by atoms with Gasteiger partial charge in [-0.25, -0.2) is 8.42 Å². The Morgan fingerprint density at radius 3 is 2.77 bits per heavy atom. The summed E-state index contributed by atoms with van der Waals surface area (Å²) in [4.78, 5) is 13.9. The van der Waals surface area contributed by atoms with Gasteiger partial charge in [-0.05, 0) is 56.2 Å². The average Bonchev–Trinajstić information content (AvgIpc) is 3.42. The predicted octanol–water partition coefficient (Wildman–Crippen LogP) is 4.06. The van der Waals surface area contributed by atoms with Gasteiger partial charge in [0.15, 0.2) is 10.7 Å². The van der Waals surface area contributed by atoms with Gasteiger partial charge in [0.2, 0.25) is 15.9 Å². The minimum absolute atomic E-state index is 0.0216. The van der Waals surface area contributed by atoms with Gasteiger partial charge in [-0.3, -0.25) is 4.79 Å². The van der Waals surface area contributed by atoms with Gasteiger partial charge in [0, 0.05) is 24.0 Å². The molecule has 1 N–H and O–H groups in total. The van der Waals surface area contributed by atoms with Gasteiger partial charge < -0.3 is 9.84 Å². The highest BCUT2D eigenvalue weighted by Crippen LogP contribution is 2.30. The molecule has 2 fully saturated rings. The fourth-order valence-electron chi connectivity index (χ4n) is 4.41. The van der Waals surface area contributed by atoms with Crippen molar-refractivity contribution >= 4 is 39.4 Å². The van der Waals surface area contributed by atoms with Crippen LogP contribution in [0.3, 0.4) is 0 Å². The van der Waals surface area contributed by atoms with Gasteiger partial charge in [-0.15, -0.1) is 11.3 Å². The van der Waals surface area contributed by atoms with Gasteiger partial charge in [-0.1, -0.05) is 30.5 Å². The first kappa shape index (κ1) is 22.2. The summed E-state index contributed by atoms with van der Waals surface area (Å²) < 4.78 is 33.7. The third-order valence-electron chi connectivity index (χ3n) is 6.08. The van der Waals surface area contributed by atoms with Crippen molar-refractivity contribution in [3.63, 3.8) is 0 Å². The zero-order valence-corrected chi connectivity index (χ0v) is 19.4. The molecule has 9 heteroatoms. The number of amides is 1. The molecule has 31 heavy (non-hydrogen) atoms. The molecule has 3 heterocycles. The molecule has 1 aliphatic heterocycles. The van der Waals surface area contributed by atoms with E-state index in [0.29, 0.717) is 25.1 Å². The SMILES string of the molecule is Cc1noc(/C=C/c2cccs2)c1S(=O)(=O)N1CCC[C@@H](C(=O)NC2CCCCC2)C1. The van der Waals surface area contributed by atoms with Crippen LogP contribution in [0, 0.1) is 12.8 Å². The lowest BCUT2D eigenvalue weighted by atomic mass is 9.93. The van der Waals surface area contributed by atoms with Crippen molar-refractivity contribution in [2.45, 2.75) is 62.8 Å². The summed E-state index contributed by atoms with van der Waals surface area (Å²) in [5.74, 6) is -0.123. The lowest BCUT2D eigenvalue weighted by molar-refractivity contribution is -0.127. The molecule has 7 nitrogen and oxygen atoms in total. The number of nitrogens with zero attached hydrogens (tertiary/aromatic N) is 2. The van der Waals surface area contributed by atoms with Crippen molar-refractivity contribution in [2.75, 3.05) is 13.1 Å². The number of thiophene rings is 1. The highest BCUT2D eigenvalue weighted by molar-refractivity contribution is 7.89. The number of carbonyl (C=O) groups is 1. The molecule has 1 amide bonds. The van der Waals surface area contributed by atoms with E-state index in [2.05, 4.69) is 10.5 Å². The quantitative estimate of drug-likeness (QED) is 0.697. The molecule has 4 rings (SSSR count). The maximum atomic E-state index is 13.5. The molecule has 0 bridgehead atoms. The van der Waals surface area contributed by atoms with Gasteiger partial charge in [-0.2, -0.15) is 4.31 Å². The van der Waals surface area contributed by atoms with Crippen molar-refractivity contribution in [3.05, 3.63) is 33.8 Å². The molecule has 0 unspecified atom stereocenters. The van der Waals surface area contributed by atoms with Crippen molar-refractivity contribution < 1.29 is 17.7 Å². The Morgan fingerprint density at radius 2 is 2.03 bits per heavy atom. The lowest BCUT2D eigenvalue weighted by Gasteiger charge is -2.32. The Labute approximate surface area is 187 Å². The van der Waals surface area contributed by atoms with Crippen LogP contribution in [0.2, 0.25) is 0 Å². The van der Waals surface area contributed by atoms with Crippen LogP contribution in [0.4, 0.5) is 0 Å². The van der Waals surface area contributed by atoms with Crippen LogP contribution in [0.25, 0.3) is 12.2 Å². The normalized spacial score (nSPS) is 21.5. The number of sulfonamides is 1. The van der Waals surface area contributed by atoms with Crippen LogP contribution in [-0.4, -0.2) is 42.9 Å². The molecule has 0 spiro atoms. The number of rotatable bonds is 6. The molecule has 0 radical (unpaired) electrons. The van der Waals surface area contributed by atoms with E-state index in [9.17, 15) is 13.2 Å². The van der Waals surface area contributed by atoms with Gasteiger partial charge >= 0.3 is 0 Å². The second-order valence-electron chi connectivity index (χ2n) is 8.36. The molecule has 2 aromatic rings. The van der Waals surface area contributed by atoms with E-state index in [4.69, 9.17) is 4.52 Å². The van der Waals surface area contributed by atoms with Crippen molar-refractivity contribution in [1.82, 2.24) is 14.8 Å². The second kappa shape index (κ2) is 9.67. The molecule has 168 valence electrons. The van der Waals surface area contributed by atoms with Gasteiger partial charge in [0.05, 0.1) is 5.92 Å². The van der Waals surface area contributed by atoms with Crippen LogP contribution < -0.4 is 5.32 Å². The Morgan fingerprint density at radius 1 is 1.23 bits per heavy atom. The van der Waals surface area contributed by atoms with E-state index in [0.717, 1.165) is 30.6 Å². The fourth-order valence-corrected chi connectivity index (χ4v) is 6.80. The zero-order valence-electron chi connectivity index (χ0n) is 17.7. The van der Waals surface area contributed by atoms with E-state index in [1.807, 2.05) is 23.6 Å². The number of hydrogen-bond acceptors (Lipinski definition) is 6. The lowest BCUT2D eigenvalue weighted by Crippen LogP contribution is -2.48. The fraction of sp³-hybridized carbons (Fsp3) is 0.545. The number of aryl methyl sites for hydroxylation is 1. The summed E-state index contributed by atoms with van der Waals surface area (Å²) in [5, 5.41) is 9.01. The van der Waals surface area contributed by atoms with Crippen LogP contribution in [-0.2, 0) is 14.8 Å². The first-order valence-electron chi connectivity index (χ1n) is 10.9. The second-order valence-corrected chi connectivity index (χ2v) is 11.2. The van der Waals surface area contributed by atoms with Crippen molar-refractivity contribution in [1.29, 1.82) is 0 Å². The van der Waals surface area contributed by atoms with E-state index in [1.165, 1.54) is 10.7 Å². The molecule has 0 aromatic carbocycles. The number of hydrogen-bond donors (Lipinski definition) is 1. The molecular formula is C22H29N3O4S2. The van der Waals surface area contributed by atoms with E-state index >= 15 is 0 Å². The van der Waals surface area contributed by atoms with E-state index in [1.54, 1.807) is 24.3 Å². The molecule has 2 aliphatic rings. The third-order valence-corrected chi connectivity index (χ3v) is 8.94. The van der Waals surface area contributed by atoms with Crippen LogP contribution in [0.1, 0.15) is 61.3 Å². The number of piperidine rings is 1. The minimum Gasteiger partial charge on any atom is -0.355 e.